The fourth-order valence-corrected chi connectivity index (χ4v) is 1.88. The number of carbonyl (C=O) groups excluding carboxylic acids is 1. The Morgan fingerprint density at radius 1 is 1.17 bits per heavy atom. The number of benzene rings is 1. The van der Waals surface area contributed by atoms with Crippen molar-refractivity contribution in [3.8, 4) is 0 Å². The van der Waals surface area contributed by atoms with Crippen molar-refractivity contribution in [3.05, 3.63) is 35.4 Å². The number of hydrazine groups is 1. The Labute approximate surface area is 107 Å². The van der Waals surface area contributed by atoms with Gasteiger partial charge in [0.25, 0.3) is 5.91 Å². The van der Waals surface area contributed by atoms with Crippen LogP contribution in [0.25, 0.3) is 0 Å². The van der Waals surface area contributed by atoms with E-state index in [0.29, 0.717) is 5.56 Å². The lowest BCUT2D eigenvalue weighted by molar-refractivity contribution is 0.0943. The van der Waals surface area contributed by atoms with Crippen molar-refractivity contribution in [1.29, 1.82) is 0 Å². The lowest BCUT2D eigenvalue weighted by atomic mass is 10.1. The molecule has 1 heterocycles. The van der Waals surface area contributed by atoms with Crippen molar-refractivity contribution in [2.45, 2.75) is 32.6 Å². The Kier molecular flexibility index (Phi) is 4.34. The minimum atomic E-state index is -0.123. The minimum absolute atomic E-state index is 0.123. The van der Waals surface area contributed by atoms with E-state index >= 15 is 0 Å². The molecule has 0 saturated carbocycles. The summed E-state index contributed by atoms with van der Waals surface area (Å²) in [7, 11) is 0. The Bertz CT molecular complexity index is 437. The SMILES string of the molecule is Cc1ccc(C(=O)NNC2=NCCCCC2)cc1. The lowest BCUT2D eigenvalue weighted by Gasteiger charge is -2.10. The van der Waals surface area contributed by atoms with Gasteiger partial charge in [-0.3, -0.25) is 20.6 Å². The van der Waals surface area contributed by atoms with Gasteiger partial charge in [0.05, 0.1) is 0 Å². The van der Waals surface area contributed by atoms with Gasteiger partial charge in [0, 0.05) is 18.5 Å². The molecule has 0 fully saturated rings. The van der Waals surface area contributed by atoms with Crippen molar-refractivity contribution in [1.82, 2.24) is 10.9 Å². The molecule has 0 bridgehead atoms. The molecule has 4 nitrogen and oxygen atoms in total. The summed E-state index contributed by atoms with van der Waals surface area (Å²) in [6.45, 7) is 2.85. The Balaban J connectivity index is 1.87. The van der Waals surface area contributed by atoms with E-state index in [1.54, 1.807) is 0 Å². The highest BCUT2D eigenvalue weighted by atomic mass is 16.2. The van der Waals surface area contributed by atoms with Gasteiger partial charge in [-0.25, -0.2) is 0 Å². The van der Waals surface area contributed by atoms with Crippen LogP contribution in [0.1, 0.15) is 41.6 Å². The average molecular weight is 245 g/mol. The zero-order valence-electron chi connectivity index (χ0n) is 10.7. The molecule has 18 heavy (non-hydrogen) atoms. The van der Waals surface area contributed by atoms with Crippen LogP contribution in [0.15, 0.2) is 29.3 Å². The molecule has 0 unspecified atom stereocenters. The highest BCUT2D eigenvalue weighted by Crippen LogP contribution is 2.06. The molecule has 0 aromatic heterocycles. The second kappa shape index (κ2) is 6.19. The molecule has 1 amide bonds. The second-order valence-electron chi connectivity index (χ2n) is 4.58. The number of rotatable bonds is 1. The van der Waals surface area contributed by atoms with Gasteiger partial charge in [-0.05, 0) is 31.9 Å². The first-order valence-electron chi connectivity index (χ1n) is 6.42. The van der Waals surface area contributed by atoms with Gasteiger partial charge in [-0.1, -0.05) is 24.1 Å². The van der Waals surface area contributed by atoms with E-state index in [2.05, 4.69) is 15.8 Å². The number of aliphatic imine (C=N–C) groups is 1. The summed E-state index contributed by atoms with van der Waals surface area (Å²) in [5.41, 5.74) is 7.42. The summed E-state index contributed by atoms with van der Waals surface area (Å²) in [6, 6.07) is 7.50. The van der Waals surface area contributed by atoms with Crippen molar-refractivity contribution >= 4 is 11.7 Å². The molecule has 1 aromatic rings. The molecule has 4 heteroatoms. The van der Waals surface area contributed by atoms with Crippen molar-refractivity contribution in [2.24, 2.45) is 4.99 Å². The van der Waals surface area contributed by atoms with Gasteiger partial charge < -0.3 is 0 Å². The third kappa shape index (κ3) is 3.58. The molecular weight excluding hydrogens is 226 g/mol. The smallest absolute Gasteiger partial charge is 0.269 e. The molecule has 0 aliphatic carbocycles. The molecule has 1 aliphatic rings. The normalized spacial score (nSPS) is 15.5. The van der Waals surface area contributed by atoms with Crippen LogP contribution in [-0.2, 0) is 0 Å². The van der Waals surface area contributed by atoms with E-state index in [9.17, 15) is 4.79 Å². The molecule has 2 rings (SSSR count). The van der Waals surface area contributed by atoms with Crippen LogP contribution >= 0.6 is 0 Å². The van der Waals surface area contributed by atoms with E-state index < -0.39 is 0 Å². The minimum Gasteiger partial charge on any atom is -0.285 e. The number of nitrogens with one attached hydrogen (secondary N) is 2. The predicted molar refractivity (Wildman–Crippen MR) is 72.6 cm³/mol. The van der Waals surface area contributed by atoms with Crippen LogP contribution in [0.5, 0.6) is 0 Å². The van der Waals surface area contributed by atoms with E-state index in [1.165, 1.54) is 6.42 Å². The van der Waals surface area contributed by atoms with Gasteiger partial charge in [-0.15, -0.1) is 0 Å². The summed E-state index contributed by atoms with van der Waals surface area (Å²) in [5, 5.41) is 0. The average Bonchev–Trinajstić information content (AvgIpc) is 2.65. The van der Waals surface area contributed by atoms with Crippen LogP contribution in [0.2, 0.25) is 0 Å². The zero-order chi connectivity index (χ0) is 12.8. The van der Waals surface area contributed by atoms with Crippen LogP contribution in [0.3, 0.4) is 0 Å². The molecule has 1 aromatic carbocycles. The van der Waals surface area contributed by atoms with Crippen molar-refractivity contribution in [2.75, 3.05) is 6.54 Å². The fraction of sp³-hybridized carbons (Fsp3) is 0.429. The summed E-state index contributed by atoms with van der Waals surface area (Å²) < 4.78 is 0. The monoisotopic (exact) mass is 245 g/mol. The number of nitrogens with zero attached hydrogens (tertiary/aromatic N) is 1. The number of hydrogen-bond donors (Lipinski definition) is 2. The third-order valence-corrected chi connectivity index (χ3v) is 3.01. The maximum atomic E-state index is 11.9. The lowest BCUT2D eigenvalue weighted by Crippen LogP contribution is -2.41. The molecule has 1 aliphatic heterocycles. The molecule has 0 saturated heterocycles. The Hall–Kier alpha value is -1.84. The number of hydrogen-bond acceptors (Lipinski definition) is 3. The molecule has 0 radical (unpaired) electrons. The van der Waals surface area contributed by atoms with E-state index in [1.807, 2.05) is 31.2 Å². The number of carbonyl (C=O) groups is 1. The largest absolute Gasteiger partial charge is 0.285 e. The summed E-state index contributed by atoms with van der Waals surface area (Å²) in [5.74, 6) is 0.759. The maximum Gasteiger partial charge on any atom is 0.269 e. The van der Waals surface area contributed by atoms with Crippen LogP contribution in [0, 0.1) is 6.92 Å². The third-order valence-electron chi connectivity index (χ3n) is 3.01. The first-order valence-corrected chi connectivity index (χ1v) is 6.42. The summed E-state index contributed by atoms with van der Waals surface area (Å²) in [6.07, 6.45) is 4.39. The zero-order valence-corrected chi connectivity index (χ0v) is 10.7. The van der Waals surface area contributed by atoms with Crippen LogP contribution in [0.4, 0.5) is 0 Å². The van der Waals surface area contributed by atoms with Crippen LogP contribution < -0.4 is 10.9 Å². The number of amides is 1. The molecular formula is C14H19N3O. The molecule has 0 atom stereocenters. The number of aryl methyl sites for hydroxylation is 1. The summed E-state index contributed by atoms with van der Waals surface area (Å²) in [4.78, 5) is 16.2. The standard InChI is InChI=1S/C14H19N3O/c1-11-6-8-12(9-7-11)14(18)17-16-13-5-3-2-4-10-15-13/h6-9H,2-5,10H2,1H3,(H,15,16)(H,17,18). The van der Waals surface area contributed by atoms with E-state index in [0.717, 1.165) is 37.2 Å². The Morgan fingerprint density at radius 3 is 2.72 bits per heavy atom. The topological polar surface area (TPSA) is 53.5 Å². The number of amidine groups is 1. The van der Waals surface area contributed by atoms with E-state index in [-0.39, 0.29) is 5.91 Å². The molecule has 2 N–H and O–H groups in total. The first-order chi connectivity index (χ1) is 8.75. The predicted octanol–water partition coefficient (Wildman–Crippen LogP) is 2.20. The highest BCUT2D eigenvalue weighted by Gasteiger charge is 2.07. The molecule has 96 valence electrons. The van der Waals surface area contributed by atoms with Crippen LogP contribution in [-0.4, -0.2) is 18.3 Å². The van der Waals surface area contributed by atoms with Crippen molar-refractivity contribution in [3.63, 3.8) is 0 Å². The van der Waals surface area contributed by atoms with Gasteiger partial charge in [0.2, 0.25) is 0 Å². The van der Waals surface area contributed by atoms with Gasteiger partial charge in [-0.2, -0.15) is 0 Å². The van der Waals surface area contributed by atoms with Gasteiger partial charge >= 0.3 is 0 Å². The molecule has 0 spiro atoms. The van der Waals surface area contributed by atoms with E-state index in [4.69, 9.17) is 0 Å². The maximum absolute atomic E-state index is 11.9. The van der Waals surface area contributed by atoms with Gasteiger partial charge in [0.1, 0.15) is 5.84 Å². The second-order valence-corrected chi connectivity index (χ2v) is 4.58. The quantitative estimate of drug-likeness (QED) is 0.745. The van der Waals surface area contributed by atoms with Crippen molar-refractivity contribution < 1.29 is 4.79 Å². The van der Waals surface area contributed by atoms with Gasteiger partial charge in [0.15, 0.2) is 0 Å². The highest BCUT2D eigenvalue weighted by molar-refractivity contribution is 5.96. The fourth-order valence-electron chi connectivity index (χ4n) is 1.88. The Morgan fingerprint density at radius 2 is 1.94 bits per heavy atom. The first kappa shape index (κ1) is 12.6. The summed E-state index contributed by atoms with van der Waals surface area (Å²) >= 11 is 0.